The van der Waals surface area contributed by atoms with Crippen LogP contribution in [0, 0.1) is 17.5 Å². The van der Waals surface area contributed by atoms with Crippen LogP contribution in [-0.2, 0) is 0 Å². The van der Waals surface area contributed by atoms with Gasteiger partial charge in [-0.1, -0.05) is 6.07 Å². The molecular weight excluding hydrogens is 339 g/mol. The largest absolute Gasteiger partial charge is 0.325 e. The summed E-state index contributed by atoms with van der Waals surface area (Å²) in [6.45, 7) is 0. The quantitative estimate of drug-likeness (QED) is 0.709. The van der Waals surface area contributed by atoms with E-state index in [0.29, 0.717) is 11.3 Å². The van der Waals surface area contributed by atoms with E-state index in [1.165, 1.54) is 18.2 Å². The molecule has 8 heteroatoms. The third-order valence-corrected chi connectivity index (χ3v) is 3.82. The Kier molecular flexibility index (Phi) is 4.48. The van der Waals surface area contributed by atoms with Crippen LogP contribution in [0.15, 0.2) is 47.8 Å². The van der Waals surface area contributed by atoms with Crippen LogP contribution in [-0.4, -0.2) is 11.0 Å². The van der Waals surface area contributed by atoms with Crippen molar-refractivity contribution in [2.75, 3.05) is 10.6 Å². The summed E-state index contributed by atoms with van der Waals surface area (Å²) in [6.07, 6.45) is 0. The summed E-state index contributed by atoms with van der Waals surface area (Å²) in [5.74, 6) is -2.12. The minimum atomic E-state index is -0.878. The molecule has 0 aliphatic heterocycles. The fraction of sp³-hybridized carbons (Fsp3) is 0. The fourth-order valence-electron chi connectivity index (χ4n) is 1.94. The van der Waals surface area contributed by atoms with Gasteiger partial charge in [-0.25, -0.2) is 22.9 Å². The lowest BCUT2D eigenvalue weighted by molar-refractivity contribution is 0.262. The number of hydrogen-bond acceptors (Lipinski definition) is 3. The minimum Gasteiger partial charge on any atom is -0.302 e. The average molecular weight is 349 g/mol. The minimum absolute atomic E-state index is 0.239. The number of halogens is 3. The predicted octanol–water partition coefficient (Wildman–Crippen LogP) is 4.87. The van der Waals surface area contributed by atoms with E-state index in [0.717, 1.165) is 23.5 Å². The van der Waals surface area contributed by atoms with Crippen LogP contribution in [0.3, 0.4) is 0 Å². The maximum Gasteiger partial charge on any atom is 0.325 e. The van der Waals surface area contributed by atoms with Gasteiger partial charge < -0.3 is 5.32 Å². The molecule has 1 aromatic heterocycles. The Morgan fingerprint density at radius 1 is 0.958 bits per heavy atom. The lowest BCUT2D eigenvalue weighted by atomic mass is 10.2. The number of carbonyl (C=O) groups excluding carboxylic acids is 1. The normalized spacial score (nSPS) is 10.5. The number of anilines is 2. The maximum absolute atomic E-state index is 13.5. The van der Waals surface area contributed by atoms with Crippen LogP contribution in [0.2, 0.25) is 0 Å². The highest BCUT2D eigenvalue weighted by atomic mass is 32.1. The Bertz CT molecular complexity index is 860. The molecule has 0 aliphatic carbocycles. The second kappa shape index (κ2) is 6.71. The van der Waals surface area contributed by atoms with Gasteiger partial charge in [0.15, 0.2) is 5.13 Å². The van der Waals surface area contributed by atoms with E-state index < -0.39 is 23.4 Å². The van der Waals surface area contributed by atoms with Gasteiger partial charge in [0.25, 0.3) is 0 Å². The van der Waals surface area contributed by atoms with Crippen molar-refractivity contribution in [3.05, 3.63) is 65.3 Å². The highest BCUT2D eigenvalue weighted by Crippen LogP contribution is 2.25. The average Bonchev–Trinajstić information content (AvgIpc) is 3.00. The highest BCUT2D eigenvalue weighted by molar-refractivity contribution is 7.14. The topological polar surface area (TPSA) is 54.0 Å². The molecule has 0 bridgehead atoms. The van der Waals surface area contributed by atoms with E-state index in [1.54, 1.807) is 17.5 Å². The van der Waals surface area contributed by atoms with E-state index in [1.807, 2.05) is 0 Å². The number of nitrogens with one attached hydrogen (secondary N) is 2. The van der Waals surface area contributed by atoms with E-state index in [4.69, 9.17) is 0 Å². The Hall–Kier alpha value is -2.87. The molecule has 4 nitrogen and oxygen atoms in total. The summed E-state index contributed by atoms with van der Waals surface area (Å²) in [7, 11) is 0. The first-order valence-corrected chi connectivity index (χ1v) is 7.64. The van der Waals surface area contributed by atoms with Gasteiger partial charge in [-0.15, -0.1) is 11.3 Å². The first-order valence-electron chi connectivity index (χ1n) is 6.76. The zero-order valence-electron chi connectivity index (χ0n) is 12.0. The van der Waals surface area contributed by atoms with Crippen molar-refractivity contribution in [3.8, 4) is 11.3 Å². The van der Waals surface area contributed by atoms with Gasteiger partial charge in [-0.2, -0.15) is 0 Å². The van der Waals surface area contributed by atoms with Gasteiger partial charge in [-0.3, -0.25) is 5.32 Å². The first kappa shape index (κ1) is 16.0. The van der Waals surface area contributed by atoms with Crippen LogP contribution in [0.4, 0.5) is 28.8 Å². The van der Waals surface area contributed by atoms with Crippen molar-refractivity contribution >= 4 is 28.2 Å². The molecule has 3 aromatic rings. The summed E-state index contributed by atoms with van der Waals surface area (Å²) in [5.41, 5.74) is 0.693. The lowest BCUT2D eigenvalue weighted by Gasteiger charge is -2.07. The zero-order chi connectivity index (χ0) is 17.1. The maximum atomic E-state index is 13.5. The number of para-hydroxylation sites is 1. The molecule has 0 fully saturated rings. The number of thiazole rings is 1. The molecular formula is C16H10F3N3OS. The molecule has 122 valence electrons. The highest BCUT2D eigenvalue weighted by Gasteiger charge is 2.13. The van der Waals surface area contributed by atoms with Gasteiger partial charge in [0.2, 0.25) is 0 Å². The summed E-state index contributed by atoms with van der Waals surface area (Å²) in [6, 6.07) is 8.17. The Balaban J connectivity index is 1.70. The molecule has 0 radical (unpaired) electrons. The summed E-state index contributed by atoms with van der Waals surface area (Å²) in [4.78, 5) is 16.0. The molecule has 0 saturated carbocycles. The second-order valence-corrected chi connectivity index (χ2v) is 5.58. The van der Waals surface area contributed by atoms with Crippen molar-refractivity contribution in [2.45, 2.75) is 0 Å². The van der Waals surface area contributed by atoms with Gasteiger partial charge in [-0.05, 0) is 36.4 Å². The number of amides is 2. The third-order valence-electron chi connectivity index (χ3n) is 3.07. The summed E-state index contributed by atoms with van der Waals surface area (Å²) in [5, 5.41) is 6.41. The molecule has 0 atom stereocenters. The molecule has 2 amide bonds. The molecule has 0 saturated heterocycles. The number of hydrogen-bond donors (Lipinski definition) is 2. The number of aromatic nitrogens is 1. The number of rotatable bonds is 3. The number of benzene rings is 2. The van der Waals surface area contributed by atoms with Crippen molar-refractivity contribution in [3.63, 3.8) is 0 Å². The Morgan fingerprint density at radius 2 is 1.62 bits per heavy atom. The molecule has 0 spiro atoms. The predicted molar refractivity (Wildman–Crippen MR) is 86.5 cm³/mol. The van der Waals surface area contributed by atoms with E-state index >= 15 is 0 Å². The van der Waals surface area contributed by atoms with Gasteiger partial charge in [0, 0.05) is 10.9 Å². The number of nitrogens with zero attached hydrogens (tertiary/aromatic N) is 1. The SMILES string of the molecule is O=C(Nc1nc(-c2ccc(F)cc2)cs1)Nc1c(F)cccc1F. The Labute approximate surface area is 139 Å². The van der Waals surface area contributed by atoms with Crippen molar-refractivity contribution in [2.24, 2.45) is 0 Å². The molecule has 3 rings (SSSR count). The first-order chi connectivity index (χ1) is 11.5. The summed E-state index contributed by atoms with van der Waals surface area (Å²) >= 11 is 1.13. The molecule has 2 aromatic carbocycles. The number of carbonyl (C=O) groups is 1. The monoisotopic (exact) mass is 349 g/mol. The van der Waals surface area contributed by atoms with Crippen LogP contribution >= 0.6 is 11.3 Å². The van der Waals surface area contributed by atoms with Crippen molar-refractivity contribution in [1.82, 2.24) is 4.98 Å². The molecule has 24 heavy (non-hydrogen) atoms. The van der Waals surface area contributed by atoms with E-state index in [-0.39, 0.29) is 10.9 Å². The summed E-state index contributed by atoms with van der Waals surface area (Å²) < 4.78 is 39.9. The lowest BCUT2D eigenvalue weighted by Crippen LogP contribution is -2.20. The number of urea groups is 1. The molecule has 0 aliphatic rings. The second-order valence-electron chi connectivity index (χ2n) is 4.72. The molecule has 2 N–H and O–H groups in total. The van der Waals surface area contributed by atoms with Gasteiger partial charge in [0.1, 0.15) is 23.1 Å². The van der Waals surface area contributed by atoms with Gasteiger partial charge in [0.05, 0.1) is 5.69 Å². The van der Waals surface area contributed by atoms with Crippen molar-refractivity contribution in [1.29, 1.82) is 0 Å². The Morgan fingerprint density at radius 3 is 2.29 bits per heavy atom. The van der Waals surface area contributed by atoms with Crippen molar-refractivity contribution < 1.29 is 18.0 Å². The van der Waals surface area contributed by atoms with E-state index in [2.05, 4.69) is 15.6 Å². The van der Waals surface area contributed by atoms with E-state index in [9.17, 15) is 18.0 Å². The van der Waals surface area contributed by atoms with Crippen LogP contribution < -0.4 is 10.6 Å². The smallest absolute Gasteiger partial charge is 0.302 e. The van der Waals surface area contributed by atoms with Crippen LogP contribution in [0.1, 0.15) is 0 Å². The zero-order valence-corrected chi connectivity index (χ0v) is 12.8. The standard InChI is InChI=1S/C16H10F3N3OS/c17-10-6-4-9(5-7-10)13-8-24-16(20-13)22-15(23)21-14-11(18)2-1-3-12(14)19/h1-8H,(H2,20,21,22,23). The van der Waals surface area contributed by atoms with Crippen LogP contribution in [0.25, 0.3) is 11.3 Å². The fourth-order valence-corrected chi connectivity index (χ4v) is 2.66. The molecule has 0 unspecified atom stereocenters. The van der Waals surface area contributed by atoms with Crippen LogP contribution in [0.5, 0.6) is 0 Å². The third kappa shape index (κ3) is 3.54. The molecule has 1 heterocycles. The van der Waals surface area contributed by atoms with Gasteiger partial charge >= 0.3 is 6.03 Å².